The predicted molar refractivity (Wildman–Crippen MR) is 74.8 cm³/mol. The van der Waals surface area contributed by atoms with Gasteiger partial charge < -0.3 is 15.7 Å². The minimum absolute atomic E-state index is 0.00624. The van der Waals surface area contributed by atoms with Gasteiger partial charge in [0.25, 0.3) is 0 Å². The maximum Gasteiger partial charge on any atom is 0.350 e. The molecule has 3 heterocycles. The van der Waals surface area contributed by atoms with Gasteiger partial charge in [-0.1, -0.05) is 6.07 Å². The molecule has 2 aromatic heterocycles. The molecule has 21 heavy (non-hydrogen) atoms. The number of pyridine rings is 1. The lowest BCUT2D eigenvalue weighted by molar-refractivity contribution is -0.122. The van der Waals surface area contributed by atoms with Crippen LogP contribution in [0.5, 0.6) is 0 Å². The fourth-order valence-electron chi connectivity index (χ4n) is 2.44. The standard InChI is InChI=1S/C13H17N5O3/c19-10-7-14-5-9(10)6-15-12(20)8-18-13(21)17-4-2-1-3-11(17)16-18/h1-4,9-10,14,19H,5-8H2,(H,15,20). The molecular formula is C13H17N5O3. The van der Waals surface area contributed by atoms with Gasteiger partial charge in [0, 0.05) is 31.7 Å². The quantitative estimate of drug-likeness (QED) is 0.616. The van der Waals surface area contributed by atoms with Crippen LogP contribution in [-0.2, 0) is 11.3 Å². The van der Waals surface area contributed by atoms with Gasteiger partial charge in [-0.25, -0.2) is 9.48 Å². The van der Waals surface area contributed by atoms with E-state index in [0.717, 1.165) is 4.68 Å². The van der Waals surface area contributed by atoms with Gasteiger partial charge in [0.15, 0.2) is 5.65 Å². The average Bonchev–Trinajstić information content (AvgIpc) is 3.02. The zero-order chi connectivity index (χ0) is 14.8. The van der Waals surface area contributed by atoms with E-state index in [1.54, 1.807) is 24.4 Å². The van der Waals surface area contributed by atoms with Gasteiger partial charge in [0.2, 0.25) is 5.91 Å². The Morgan fingerprint density at radius 2 is 2.33 bits per heavy atom. The number of nitrogens with one attached hydrogen (secondary N) is 2. The first kappa shape index (κ1) is 13.8. The predicted octanol–water partition coefficient (Wildman–Crippen LogP) is -1.81. The number of fused-ring (bicyclic) bond motifs is 1. The van der Waals surface area contributed by atoms with E-state index in [1.807, 2.05) is 0 Å². The van der Waals surface area contributed by atoms with E-state index in [4.69, 9.17) is 0 Å². The van der Waals surface area contributed by atoms with Crippen molar-refractivity contribution < 1.29 is 9.90 Å². The summed E-state index contributed by atoms with van der Waals surface area (Å²) < 4.78 is 2.52. The summed E-state index contributed by atoms with van der Waals surface area (Å²) in [5.74, 6) is -0.286. The van der Waals surface area contributed by atoms with Crippen molar-refractivity contribution in [2.75, 3.05) is 19.6 Å². The second-order valence-corrected chi connectivity index (χ2v) is 5.16. The van der Waals surface area contributed by atoms with Crippen molar-refractivity contribution in [2.45, 2.75) is 12.6 Å². The summed E-state index contributed by atoms with van der Waals surface area (Å²) in [5, 5.41) is 19.5. The summed E-state index contributed by atoms with van der Waals surface area (Å²) in [6.07, 6.45) is 1.17. The topological polar surface area (TPSA) is 101 Å². The number of aliphatic hydroxyl groups is 1. The van der Waals surface area contributed by atoms with Gasteiger partial charge in [0.1, 0.15) is 6.54 Å². The van der Waals surface area contributed by atoms with Crippen LogP contribution in [-0.4, -0.2) is 50.9 Å². The first-order valence-corrected chi connectivity index (χ1v) is 6.85. The highest BCUT2D eigenvalue weighted by Crippen LogP contribution is 2.06. The third kappa shape index (κ3) is 2.81. The van der Waals surface area contributed by atoms with Gasteiger partial charge in [-0.2, -0.15) is 0 Å². The van der Waals surface area contributed by atoms with Crippen molar-refractivity contribution in [1.29, 1.82) is 0 Å². The molecular weight excluding hydrogens is 274 g/mol. The molecule has 0 bridgehead atoms. The normalized spacial score (nSPS) is 21.8. The van der Waals surface area contributed by atoms with Gasteiger partial charge in [-0.05, 0) is 12.1 Å². The Kier molecular flexibility index (Phi) is 3.72. The van der Waals surface area contributed by atoms with Gasteiger partial charge in [0.05, 0.1) is 6.10 Å². The molecule has 8 heteroatoms. The van der Waals surface area contributed by atoms with Crippen molar-refractivity contribution in [2.24, 2.45) is 5.92 Å². The number of hydrogen-bond acceptors (Lipinski definition) is 5. The second kappa shape index (κ2) is 5.66. The van der Waals surface area contributed by atoms with E-state index in [-0.39, 0.29) is 24.1 Å². The Labute approximate surface area is 120 Å². The molecule has 8 nitrogen and oxygen atoms in total. The van der Waals surface area contributed by atoms with Gasteiger partial charge >= 0.3 is 5.69 Å². The molecule has 2 unspecified atom stereocenters. The molecule has 0 spiro atoms. The van der Waals surface area contributed by atoms with Crippen LogP contribution < -0.4 is 16.3 Å². The molecule has 2 aromatic rings. The highest BCUT2D eigenvalue weighted by molar-refractivity contribution is 5.75. The Morgan fingerprint density at radius 3 is 3.05 bits per heavy atom. The van der Waals surface area contributed by atoms with Crippen molar-refractivity contribution in [3.63, 3.8) is 0 Å². The smallest absolute Gasteiger partial charge is 0.350 e. The van der Waals surface area contributed by atoms with E-state index in [9.17, 15) is 14.7 Å². The largest absolute Gasteiger partial charge is 0.391 e. The maximum atomic E-state index is 12.0. The summed E-state index contributed by atoms with van der Waals surface area (Å²) in [7, 11) is 0. The molecule has 3 rings (SSSR count). The summed E-state index contributed by atoms with van der Waals surface area (Å²) in [5.41, 5.74) is 0.161. The minimum atomic E-state index is -0.441. The first-order chi connectivity index (χ1) is 10.1. The van der Waals surface area contributed by atoms with E-state index < -0.39 is 6.10 Å². The molecule has 3 N–H and O–H groups in total. The molecule has 2 atom stereocenters. The molecule has 0 aromatic carbocycles. The lowest BCUT2D eigenvalue weighted by atomic mass is 10.1. The number of aromatic nitrogens is 3. The van der Waals surface area contributed by atoms with Crippen LogP contribution >= 0.6 is 0 Å². The molecule has 1 aliphatic heterocycles. The Balaban J connectivity index is 1.63. The summed E-state index contributed by atoms with van der Waals surface area (Å²) >= 11 is 0. The lowest BCUT2D eigenvalue weighted by Crippen LogP contribution is -2.38. The van der Waals surface area contributed by atoms with Crippen LogP contribution in [0, 0.1) is 5.92 Å². The molecule has 0 radical (unpaired) electrons. The van der Waals surface area contributed by atoms with Crippen LogP contribution in [0.4, 0.5) is 0 Å². The Morgan fingerprint density at radius 1 is 1.48 bits per heavy atom. The molecule has 1 fully saturated rings. The number of aliphatic hydroxyl groups excluding tert-OH is 1. The third-order valence-corrected chi connectivity index (χ3v) is 3.65. The Bertz CT molecular complexity index is 707. The minimum Gasteiger partial charge on any atom is -0.391 e. The van der Waals surface area contributed by atoms with Crippen LogP contribution in [0.1, 0.15) is 0 Å². The average molecular weight is 291 g/mol. The summed E-state index contributed by atoms with van der Waals surface area (Å²) in [4.78, 5) is 23.9. The van der Waals surface area contributed by atoms with Crippen molar-refractivity contribution in [3.05, 3.63) is 34.9 Å². The van der Waals surface area contributed by atoms with Crippen LogP contribution in [0.3, 0.4) is 0 Å². The fraction of sp³-hybridized carbons (Fsp3) is 0.462. The second-order valence-electron chi connectivity index (χ2n) is 5.16. The number of nitrogens with zero attached hydrogens (tertiary/aromatic N) is 3. The van der Waals surface area contributed by atoms with Crippen LogP contribution in [0.25, 0.3) is 5.65 Å². The third-order valence-electron chi connectivity index (χ3n) is 3.65. The van der Waals surface area contributed by atoms with E-state index >= 15 is 0 Å². The van der Waals surface area contributed by atoms with Crippen molar-refractivity contribution in [1.82, 2.24) is 24.8 Å². The molecule has 1 amide bonds. The van der Waals surface area contributed by atoms with Crippen LogP contribution in [0.15, 0.2) is 29.2 Å². The van der Waals surface area contributed by atoms with Crippen molar-refractivity contribution >= 4 is 11.6 Å². The number of hydrogen-bond donors (Lipinski definition) is 3. The van der Waals surface area contributed by atoms with Crippen LogP contribution in [0.2, 0.25) is 0 Å². The monoisotopic (exact) mass is 291 g/mol. The number of β-amino-alcohol motifs (C(OH)–C–C–N with tert-alkyl or cyclic N) is 1. The summed E-state index contributed by atoms with van der Waals surface area (Å²) in [6, 6.07) is 5.21. The van der Waals surface area contributed by atoms with E-state index in [2.05, 4.69) is 15.7 Å². The zero-order valence-corrected chi connectivity index (χ0v) is 11.4. The highest BCUT2D eigenvalue weighted by atomic mass is 16.3. The zero-order valence-electron chi connectivity index (χ0n) is 11.4. The lowest BCUT2D eigenvalue weighted by Gasteiger charge is -2.13. The number of carbonyl (C=O) groups is 1. The molecule has 1 aliphatic rings. The van der Waals surface area contributed by atoms with Gasteiger partial charge in [-0.15, -0.1) is 5.10 Å². The molecule has 112 valence electrons. The summed E-state index contributed by atoms with van der Waals surface area (Å²) in [6.45, 7) is 1.48. The number of rotatable bonds is 4. The maximum absolute atomic E-state index is 12.0. The first-order valence-electron chi connectivity index (χ1n) is 6.85. The fourth-order valence-corrected chi connectivity index (χ4v) is 2.44. The highest BCUT2D eigenvalue weighted by Gasteiger charge is 2.25. The molecule has 0 saturated carbocycles. The van der Waals surface area contributed by atoms with E-state index in [1.165, 1.54) is 4.40 Å². The Hall–Kier alpha value is -2.19. The van der Waals surface area contributed by atoms with Crippen molar-refractivity contribution in [3.8, 4) is 0 Å². The SMILES string of the molecule is O=C(Cn1nc2ccccn2c1=O)NCC1CNCC1O. The van der Waals surface area contributed by atoms with E-state index in [0.29, 0.717) is 25.3 Å². The molecule has 0 aliphatic carbocycles. The van der Waals surface area contributed by atoms with Gasteiger partial charge in [-0.3, -0.25) is 9.20 Å². The molecule has 1 saturated heterocycles. The number of amides is 1. The number of carbonyl (C=O) groups excluding carboxylic acids is 1.